The number of carbonyl (C=O) groups excluding carboxylic acids is 1. The molecule has 2 aliphatic rings. The van der Waals surface area contributed by atoms with Gasteiger partial charge in [-0.05, 0) is 49.8 Å². The molecule has 1 saturated heterocycles. The molecule has 1 aliphatic heterocycles. The van der Waals surface area contributed by atoms with E-state index in [1.807, 2.05) is 11.0 Å². The summed E-state index contributed by atoms with van der Waals surface area (Å²) in [6, 6.07) is 10.4. The quantitative estimate of drug-likeness (QED) is 0.838. The molecule has 4 rings (SSSR count). The van der Waals surface area contributed by atoms with Gasteiger partial charge in [0.1, 0.15) is 0 Å². The highest BCUT2D eigenvalue weighted by Gasteiger charge is 2.23. The van der Waals surface area contributed by atoms with Gasteiger partial charge in [-0.3, -0.25) is 4.79 Å². The molecule has 126 valence electrons. The zero-order chi connectivity index (χ0) is 16.4. The largest absolute Gasteiger partial charge is 0.342 e. The molecule has 1 aromatic carbocycles. The van der Waals surface area contributed by atoms with Gasteiger partial charge in [0.25, 0.3) is 0 Å². The number of amides is 1. The summed E-state index contributed by atoms with van der Waals surface area (Å²) in [5.74, 6) is 1.70. The van der Waals surface area contributed by atoms with E-state index in [0.29, 0.717) is 5.75 Å². The van der Waals surface area contributed by atoms with Crippen LogP contribution in [-0.2, 0) is 23.4 Å². The van der Waals surface area contributed by atoms with E-state index in [9.17, 15) is 4.79 Å². The lowest BCUT2D eigenvalue weighted by Gasteiger charge is -2.14. The maximum Gasteiger partial charge on any atom is 0.232 e. The third-order valence-electron chi connectivity index (χ3n) is 4.94. The Morgan fingerprint density at radius 3 is 2.67 bits per heavy atom. The van der Waals surface area contributed by atoms with Crippen LogP contribution in [0.5, 0.6) is 0 Å². The summed E-state index contributed by atoms with van der Waals surface area (Å²) in [4.78, 5) is 14.2. The molecule has 0 N–H and O–H groups in total. The molecule has 0 atom stereocenters. The average Bonchev–Trinajstić information content (AvgIpc) is 3.34. The molecule has 0 saturated carbocycles. The van der Waals surface area contributed by atoms with Crippen LogP contribution >= 0.6 is 11.8 Å². The number of hydrogen-bond donors (Lipinski definition) is 0. The van der Waals surface area contributed by atoms with Crippen LogP contribution in [0.2, 0.25) is 0 Å². The number of aromatic nitrogens is 2. The summed E-state index contributed by atoms with van der Waals surface area (Å²) < 4.78 is 2.11. The van der Waals surface area contributed by atoms with Gasteiger partial charge in [-0.25, -0.2) is 4.68 Å². The van der Waals surface area contributed by atoms with E-state index in [4.69, 9.17) is 5.10 Å². The maximum absolute atomic E-state index is 12.2. The van der Waals surface area contributed by atoms with Crippen LogP contribution in [0, 0.1) is 0 Å². The molecule has 5 heteroatoms. The normalized spacial score (nSPS) is 16.6. The Morgan fingerprint density at radius 1 is 1.08 bits per heavy atom. The third kappa shape index (κ3) is 3.09. The van der Waals surface area contributed by atoms with E-state index in [-0.39, 0.29) is 5.91 Å². The van der Waals surface area contributed by atoms with Crippen LogP contribution in [0.15, 0.2) is 30.3 Å². The summed E-state index contributed by atoms with van der Waals surface area (Å²) in [7, 11) is 0. The lowest BCUT2D eigenvalue weighted by atomic mass is 10.2. The minimum absolute atomic E-state index is 0.289. The van der Waals surface area contributed by atoms with Crippen molar-refractivity contribution < 1.29 is 4.79 Å². The molecule has 2 heterocycles. The number of hydrogen-bond acceptors (Lipinski definition) is 3. The summed E-state index contributed by atoms with van der Waals surface area (Å²) in [5, 5.41) is 4.87. The predicted molar refractivity (Wildman–Crippen MR) is 97.6 cm³/mol. The number of fused-ring (bicyclic) bond motifs is 1. The van der Waals surface area contributed by atoms with Crippen molar-refractivity contribution in [3.8, 4) is 5.69 Å². The Hall–Kier alpha value is -1.75. The lowest BCUT2D eigenvalue weighted by molar-refractivity contribution is -0.127. The van der Waals surface area contributed by atoms with Gasteiger partial charge in [0.2, 0.25) is 5.91 Å². The van der Waals surface area contributed by atoms with Crippen molar-refractivity contribution in [1.29, 1.82) is 0 Å². The maximum atomic E-state index is 12.2. The van der Waals surface area contributed by atoms with E-state index in [1.54, 1.807) is 11.8 Å². The molecule has 1 amide bonds. The molecule has 2 aromatic rings. The van der Waals surface area contributed by atoms with E-state index >= 15 is 0 Å². The number of benzene rings is 1. The summed E-state index contributed by atoms with van der Waals surface area (Å²) >= 11 is 1.71. The number of carbonyl (C=O) groups is 1. The number of para-hydroxylation sites is 1. The van der Waals surface area contributed by atoms with Crippen LogP contribution < -0.4 is 0 Å². The van der Waals surface area contributed by atoms with Gasteiger partial charge in [0, 0.05) is 24.5 Å². The highest BCUT2D eigenvalue weighted by Crippen LogP contribution is 2.30. The second kappa shape index (κ2) is 7.01. The van der Waals surface area contributed by atoms with E-state index in [0.717, 1.165) is 50.2 Å². The van der Waals surface area contributed by atoms with Crippen molar-refractivity contribution in [2.45, 2.75) is 37.9 Å². The van der Waals surface area contributed by atoms with Gasteiger partial charge >= 0.3 is 0 Å². The van der Waals surface area contributed by atoms with Crippen molar-refractivity contribution >= 4 is 17.7 Å². The second-order valence-corrected chi connectivity index (χ2v) is 7.54. The molecular formula is C19H23N3OS. The number of likely N-dealkylation sites (tertiary alicyclic amines) is 1. The average molecular weight is 341 g/mol. The molecule has 0 bridgehead atoms. The fraction of sp³-hybridized carbons (Fsp3) is 0.474. The molecule has 1 aromatic heterocycles. The van der Waals surface area contributed by atoms with Crippen molar-refractivity contribution in [2.24, 2.45) is 0 Å². The Morgan fingerprint density at radius 2 is 1.88 bits per heavy atom. The molecule has 0 unspecified atom stereocenters. The molecule has 0 spiro atoms. The minimum atomic E-state index is 0.289. The van der Waals surface area contributed by atoms with Gasteiger partial charge in [0.15, 0.2) is 0 Å². The first-order valence-electron chi connectivity index (χ1n) is 8.83. The second-order valence-electron chi connectivity index (χ2n) is 6.55. The standard InChI is InChI=1S/C19H23N3OS/c23-19(21-11-4-5-12-21)14-24-13-17-16-9-6-10-18(16)22(20-17)15-7-2-1-3-8-15/h1-3,7-8H,4-6,9-14H2. The van der Waals surface area contributed by atoms with Crippen molar-refractivity contribution in [1.82, 2.24) is 14.7 Å². The van der Waals surface area contributed by atoms with Gasteiger partial charge < -0.3 is 4.90 Å². The smallest absolute Gasteiger partial charge is 0.232 e. The fourth-order valence-corrected chi connectivity index (χ4v) is 4.59. The van der Waals surface area contributed by atoms with Crippen molar-refractivity contribution in [3.63, 3.8) is 0 Å². The lowest BCUT2D eigenvalue weighted by Crippen LogP contribution is -2.29. The number of nitrogens with zero attached hydrogens (tertiary/aromatic N) is 3. The molecule has 24 heavy (non-hydrogen) atoms. The first-order chi connectivity index (χ1) is 11.8. The highest BCUT2D eigenvalue weighted by molar-refractivity contribution is 7.99. The van der Waals surface area contributed by atoms with Gasteiger partial charge in [-0.1, -0.05) is 18.2 Å². The number of rotatable bonds is 5. The van der Waals surface area contributed by atoms with Crippen LogP contribution in [0.3, 0.4) is 0 Å². The zero-order valence-corrected chi connectivity index (χ0v) is 14.7. The topological polar surface area (TPSA) is 38.1 Å². The van der Waals surface area contributed by atoms with Crippen molar-refractivity contribution in [2.75, 3.05) is 18.8 Å². The Bertz CT molecular complexity index is 720. The van der Waals surface area contributed by atoms with Gasteiger partial charge in [0.05, 0.1) is 17.1 Å². The molecule has 1 aliphatic carbocycles. The summed E-state index contributed by atoms with van der Waals surface area (Å²) in [5.41, 5.74) is 5.09. The SMILES string of the molecule is O=C(CSCc1nn(-c2ccccc2)c2c1CCC2)N1CCCC1. The monoisotopic (exact) mass is 341 g/mol. The van der Waals surface area contributed by atoms with Crippen LogP contribution in [0.1, 0.15) is 36.2 Å². The van der Waals surface area contributed by atoms with Crippen molar-refractivity contribution in [3.05, 3.63) is 47.3 Å². The molecular weight excluding hydrogens is 318 g/mol. The Labute approximate surface area is 147 Å². The summed E-state index contributed by atoms with van der Waals surface area (Å²) in [6.45, 7) is 1.88. The highest BCUT2D eigenvalue weighted by atomic mass is 32.2. The van der Waals surface area contributed by atoms with Crippen LogP contribution in [-0.4, -0.2) is 39.4 Å². The molecule has 4 nitrogen and oxygen atoms in total. The number of thioether (sulfide) groups is 1. The minimum Gasteiger partial charge on any atom is -0.342 e. The Balaban J connectivity index is 1.45. The first-order valence-corrected chi connectivity index (χ1v) is 9.99. The van der Waals surface area contributed by atoms with E-state index in [2.05, 4.69) is 28.9 Å². The van der Waals surface area contributed by atoms with Crippen LogP contribution in [0.4, 0.5) is 0 Å². The predicted octanol–water partition coefficient (Wildman–Crippen LogP) is 3.22. The third-order valence-corrected chi connectivity index (χ3v) is 5.87. The molecule has 0 radical (unpaired) electrons. The zero-order valence-electron chi connectivity index (χ0n) is 13.9. The molecule has 1 fully saturated rings. The van der Waals surface area contributed by atoms with Gasteiger partial charge in [-0.2, -0.15) is 5.10 Å². The van der Waals surface area contributed by atoms with Gasteiger partial charge in [-0.15, -0.1) is 11.8 Å². The fourth-order valence-electron chi connectivity index (χ4n) is 3.71. The van der Waals surface area contributed by atoms with Crippen LogP contribution in [0.25, 0.3) is 5.69 Å². The summed E-state index contributed by atoms with van der Waals surface area (Å²) in [6.07, 6.45) is 5.76. The van der Waals surface area contributed by atoms with E-state index in [1.165, 1.54) is 23.4 Å². The Kier molecular flexibility index (Phi) is 4.60. The first kappa shape index (κ1) is 15.8. The van der Waals surface area contributed by atoms with E-state index < -0.39 is 0 Å².